The predicted octanol–water partition coefficient (Wildman–Crippen LogP) is 4.84. The molecule has 1 aromatic carbocycles. The number of amides is 1. The predicted molar refractivity (Wildman–Crippen MR) is 131 cm³/mol. The Morgan fingerprint density at radius 1 is 1.03 bits per heavy atom. The van der Waals surface area contributed by atoms with Crippen LogP contribution in [0.3, 0.4) is 0 Å². The number of anilines is 1. The van der Waals surface area contributed by atoms with Gasteiger partial charge in [0, 0.05) is 26.2 Å². The zero-order valence-corrected chi connectivity index (χ0v) is 20.1. The van der Waals surface area contributed by atoms with Gasteiger partial charge in [-0.3, -0.25) is 4.79 Å². The van der Waals surface area contributed by atoms with E-state index in [1.807, 2.05) is 18.2 Å². The fraction of sp³-hybridized carbons (Fsp3) is 0.364. The van der Waals surface area contributed by atoms with Crippen LogP contribution in [0.2, 0.25) is 5.15 Å². The number of hydrogen-bond acceptors (Lipinski definition) is 7. The van der Waals surface area contributed by atoms with Gasteiger partial charge in [0.25, 0.3) is 5.91 Å². The van der Waals surface area contributed by atoms with Crippen LogP contribution in [0.15, 0.2) is 46.3 Å². The minimum atomic E-state index is -0.179. The van der Waals surface area contributed by atoms with Crippen molar-refractivity contribution in [1.29, 1.82) is 0 Å². The van der Waals surface area contributed by atoms with E-state index in [0.29, 0.717) is 10.1 Å². The standard InChI is InChI=1S/C22H24ClN5OS2/c1-22(2,3)16-9-7-15(8-10-16)5-4-6-17-20(29)24-21(30-17)28-13-11-27(12-14-28)19-18(23)25-31-26-19/h4-10H,11-14H2,1-3H3. The quantitative estimate of drug-likeness (QED) is 0.594. The monoisotopic (exact) mass is 473 g/mol. The molecule has 2 aromatic rings. The minimum Gasteiger partial charge on any atom is -0.350 e. The number of aliphatic imine (C=N–C) groups is 1. The van der Waals surface area contributed by atoms with E-state index in [9.17, 15) is 4.79 Å². The smallest absolute Gasteiger partial charge is 0.286 e. The first-order valence-corrected chi connectivity index (χ1v) is 12.0. The van der Waals surface area contributed by atoms with Gasteiger partial charge in [0.2, 0.25) is 0 Å². The molecule has 0 unspecified atom stereocenters. The highest BCUT2D eigenvalue weighted by Crippen LogP contribution is 2.30. The van der Waals surface area contributed by atoms with Crippen molar-refractivity contribution < 1.29 is 4.79 Å². The molecule has 4 rings (SSSR count). The Morgan fingerprint density at radius 3 is 2.32 bits per heavy atom. The number of nitrogens with zero attached hydrogens (tertiary/aromatic N) is 5. The molecular formula is C22H24ClN5OS2. The Morgan fingerprint density at radius 2 is 1.71 bits per heavy atom. The molecule has 0 aliphatic carbocycles. The van der Waals surface area contributed by atoms with Gasteiger partial charge in [0.1, 0.15) is 0 Å². The van der Waals surface area contributed by atoms with Crippen molar-refractivity contribution >= 4 is 58.1 Å². The summed E-state index contributed by atoms with van der Waals surface area (Å²) in [5.41, 5.74) is 2.54. The molecule has 0 N–H and O–H groups in total. The summed E-state index contributed by atoms with van der Waals surface area (Å²) >= 11 is 8.64. The highest BCUT2D eigenvalue weighted by Gasteiger charge is 2.29. The van der Waals surface area contributed by atoms with Crippen molar-refractivity contribution in [2.45, 2.75) is 26.2 Å². The number of thioether (sulfide) groups is 1. The molecule has 0 radical (unpaired) electrons. The molecule has 1 amide bonds. The normalized spacial score (nSPS) is 19.0. The number of halogens is 1. The second-order valence-electron chi connectivity index (χ2n) is 8.42. The molecule has 3 heterocycles. The number of amidine groups is 1. The number of aromatic nitrogens is 2. The van der Waals surface area contributed by atoms with Gasteiger partial charge in [-0.15, -0.1) is 0 Å². The van der Waals surface area contributed by atoms with Gasteiger partial charge < -0.3 is 9.80 Å². The third kappa shape index (κ3) is 5.19. The molecular weight excluding hydrogens is 450 g/mol. The molecule has 9 heteroatoms. The van der Waals surface area contributed by atoms with E-state index in [1.54, 1.807) is 0 Å². The van der Waals surface area contributed by atoms with Crippen molar-refractivity contribution in [1.82, 2.24) is 13.6 Å². The van der Waals surface area contributed by atoms with Crippen molar-refractivity contribution in [3.63, 3.8) is 0 Å². The molecule has 31 heavy (non-hydrogen) atoms. The third-order valence-corrected chi connectivity index (χ3v) is 7.14. The molecule has 0 bridgehead atoms. The first-order chi connectivity index (χ1) is 14.8. The lowest BCUT2D eigenvalue weighted by Crippen LogP contribution is -2.48. The SMILES string of the molecule is CC(C)(C)c1ccc(C=CC=C2SC(N3CCN(c4nsnc4Cl)CC3)=NC2=O)cc1. The first kappa shape index (κ1) is 22.0. The maximum Gasteiger partial charge on any atom is 0.286 e. The molecule has 1 fully saturated rings. The van der Waals surface area contributed by atoms with Gasteiger partial charge in [-0.1, -0.05) is 68.8 Å². The van der Waals surface area contributed by atoms with Crippen LogP contribution in [-0.4, -0.2) is 50.9 Å². The van der Waals surface area contributed by atoms with Gasteiger partial charge >= 0.3 is 0 Å². The largest absolute Gasteiger partial charge is 0.350 e. The van der Waals surface area contributed by atoms with Crippen LogP contribution >= 0.6 is 35.1 Å². The molecule has 1 aromatic heterocycles. The number of carbonyl (C=O) groups is 1. The number of rotatable bonds is 3. The average molecular weight is 474 g/mol. The van der Waals surface area contributed by atoms with Gasteiger partial charge in [-0.25, -0.2) is 0 Å². The van der Waals surface area contributed by atoms with E-state index in [4.69, 9.17) is 11.6 Å². The maximum absolute atomic E-state index is 12.3. The lowest BCUT2D eigenvalue weighted by Gasteiger charge is -2.35. The summed E-state index contributed by atoms with van der Waals surface area (Å²) in [6.07, 6.45) is 5.77. The topological polar surface area (TPSA) is 61.7 Å². The van der Waals surface area contributed by atoms with Gasteiger partial charge in [-0.2, -0.15) is 13.7 Å². The lowest BCUT2D eigenvalue weighted by molar-refractivity contribution is -0.113. The van der Waals surface area contributed by atoms with Crippen LogP contribution in [-0.2, 0) is 10.2 Å². The summed E-state index contributed by atoms with van der Waals surface area (Å²) in [5.74, 6) is 0.562. The highest BCUT2D eigenvalue weighted by molar-refractivity contribution is 8.18. The summed E-state index contributed by atoms with van der Waals surface area (Å²) in [4.78, 5) is 21.5. The zero-order valence-electron chi connectivity index (χ0n) is 17.7. The molecule has 1 saturated heterocycles. The van der Waals surface area contributed by atoms with E-state index in [0.717, 1.165) is 54.5 Å². The third-order valence-electron chi connectivity index (χ3n) is 5.20. The van der Waals surface area contributed by atoms with E-state index < -0.39 is 0 Å². The Bertz CT molecular complexity index is 1040. The van der Waals surface area contributed by atoms with Crippen molar-refractivity contribution in [3.05, 3.63) is 57.6 Å². The van der Waals surface area contributed by atoms with E-state index in [2.05, 4.69) is 68.6 Å². The number of carbonyl (C=O) groups excluding carboxylic acids is 1. The number of piperazine rings is 1. The summed E-state index contributed by atoms with van der Waals surface area (Å²) in [7, 11) is 0. The first-order valence-electron chi connectivity index (χ1n) is 10.1. The van der Waals surface area contributed by atoms with Crippen LogP contribution in [0, 0.1) is 0 Å². The molecule has 6 nitrogen and oxygen atoms in total. The minimum absolute atomic E-state index is 0.139. The van der Waals surface area contributed by atoms with Gasteiger partial charge in [-0.05, 0) is 34.4 Å². The zero-order chi connectivity index (χ0) is 22.0. The lowest BCUT2D eigenvalue weighted by atomic mass is 9.87. The van der Waals surface area contributed by atoms with Crippen LogP contribution < -0.4 is 4.90 Å². The number of hydrogen-bond donors (Lipinski definition) is 0. The fourth-order valence-corrected chi connectivity index (χ4v) is 5.05. The summed E-state index contributed by atoms with van der Waals surface area (Å²) in [5, 5.41) is 1.22. The average Bonchev–Trinajstić information content (AvgIpc) is 3.33. The van der Waals surface area contributed by atoms with Crippen molar-refractivity contribution in [2.24, 2.45) is 4.99 Å². The van der Waals surface area contributed by atoms with Crippen molar-refractivity contribution in [2.75, 3.05) is 31.1 Å². The Kier molecular flexibility index (Phi) is 6.50. The highest BCUT2D eigenvalue weighted by atomic mass is 35.5. The Hall–Kier alpha value is -2.16. The Labute approximate surface area is 196 Å². The second kappa shape index (κ2) is 9.14. The van der Waals surface area contributed by atoms with Crippen LogP contribution in [0.4, 0.5) is 5.82 Å². The fourth-order valence-electron chi connectivity index (χ4n) is 3.36. The van der Waals surface area contributed by atoms with E-state index >= 15 is 0 Å². The van der Waals surface area contributed by atoms with Crippen LogP contribution in [0.25, 0.3) is 6.08 Å². The van der Waals surface area contributed by atoms with Gasteiger partial charge in [0.05, 0.1) is 16.6 Å². The second-order valence-corrected chi connectivity index (χ2v) is 10.3. The molecule has 162 valence electrons. The van der Waals surface area contributed by atoms with E-state index in [-0.39, 0.29) is 11.3 Å². The number of benzene rings is 1. The van der Waals surface area contributed by atoms with Gasteiger partial charge in [0.15, 0.2) is 16.1 Å². The summed E-state index contributed by atoms with van der Waals surface area (Å²) in [6, 6.07) is 8.51. The molecule has 0 spiro atoms. The molecule has 0 saturated carbocycles. The molecule has 2 aliphatic rings. The van der Waals surface area contributed by atoms with Crippen LogP contribution in [0.1, 0.15) is 31.9 Å². The summed E-state index contributed by atoms with van der Waals surface area (Å²) < 4.78 is 8.29. The summed E-state index contributed by atoms with van der Waals surface area (Å²) in [6.45, 7) is 9.66. The number of allylic oxidation sites excluding steroid dienone is 2. The van der Waals surface area contributed by atoms with E-state index in [1.165, 1.54) is 17.3 Å². The van der Waals surface area contributed by atoms with Crippen molar-refractivity contribution in [3.8, 4) is 0 Å². The molecule has 0 atom stereocenters. The Balaban J connectivity index is 1.33. The van der Waals surface area contributed by atoms with Crippen LogP contribution in [0.5, 0.6) is 0 Å². The maximum atomic E-state index is 12.3. The molecule has 2 aliphatic heterocycles.